The van der Waals surface area contributed by atoms with E-state index in [-0.39, 0.29) is 24.4 Å². The number of amides is 1. The zero-order chi connectivity index (χ0) is 20.2. The topological polar surface area (TPSA) is 94.7 Å². The van der Waals surface area contributed by atoms with Crippen molar-refractivity contribution in [3.05, 3.63) is 77.4 Å². The number of benzene rings is 1. The number of nitrogens with zero attached hydrogens (tertiary/aromatic N) is 5. The van der Waals surface area contributed by atoms with E-state index in [0.717, 1.165) is 16.7 Å². The molecule has 0 bridgehead atoms. The van der Waals surface area contributed by atoms with E-state index >= 15 is 0 Å². The summed E-state index contributed by atoms with van der Waals surface area (Å²) in [6, 6.07) is 9.15. The first-order valence-corrected chi connectivity index (χ1v) is 9.24. The second-order valence-electron chi connectivity index (χ2n) is 6.77. The van der Waals surface area contributed by atoms with Gasteiger partial charge in [0, 0.05) is 56.3 Å². The Labute approximate surface area is 166 Å². The third-order valence-electron chi connectivity index (χ3n) is 4.63. The van der Waals surface area contributed by atoms with Gasteiger partial charge in [-0.25, -0.2) is 4.98 Å². The van der Waals surface area contributed by atoms with Gasteiger partial charge in [0.1, 0.15) is 0 Å². The molecule has 0 spiro atoms. The van der Waals surface area contributed by atoms with E-state index in [9.17, 15) is 9.59 Å². The second kappa shape index (κ2) is 8.05. The van der Waals surface area contributed by atoms with Crippen LogP contribution in [-0.4, -0.2) is 30.2 Å². The van der Waals surface area contributed by atoms with Gasteiger partial charge in [0.25, 0.3) is 5.56 Å². The summed E-state index contributed by atoms with van der Waals surface area (Å²) in [5, 5.41) is 7.59. The molecular formula is C21H20N6O2. The van der Waals surface area contributed by atoms with Crippen LogP contribution < -0.4 is 10.9 Å². The molecule has 29 heavy (non-hydrogen) atoms. The predicted octanol–water partition coefficient (Wildman–Crippen LogP) is 1.90. The van der Waals surface area contributed by atoms with E-state index < -0.39 is 0 Å². The lowest BCUT2D eigenvalue weighted by atomic mass is 10.1. The van der Waals surface area contributed by atoms with Gasteiger partial charge >= 0.3 is 0 Å². The van der Waals surface area contributed by atoms with Crippen molar-refractivity contribution in [1.82, 2.24) is 29.6 Å². The zero-order valence-electron chi connectivity index (χ0n) is 15.9. The number of carbonyl (C=O) groups excluding carboxylic acids is 1. The molecule has 146 valence electrons. The Kier molecular flexibility index (Phi) is 5.15. The van der Waals surface area contributed by atoms with E-state index in [0.29, 0.717) is 17.4 Å². The van der Waals surface area contributed by atoms with Crippen molar-refractivity contribution in [2.45, 2.75) is 19.5 Å². The van der Waals surface area contributed by atoms with Gasteiger partial charge in [0.15, 0.2) is 0 Å². The first-order chi connectivity index (χ1) is 14.1. The normalized spacial score (nSPS) is 10.9. The van der Waals surface area contributed by atoms with Crippen LogP contribution in [0.5, 0.6) is 0 Å². The fraction of sp³-hybridized carbons (Fsp3) is 0.190. The largest absolute Gasteiger partial charge is 0.352 e. The minimum absolute atomic E-state index is 0.142. The molecule has 8 nitrogen and oxygen atoms in total. The van der Waals surface area contributed by atoms with Crippen LogP contribution in [0.15, 0.2) is 66.2 Å². The number of rotatable bonds is 6. The lowest BCUT2D eigenvalue weighted by molar-refractivity contribution is -0.121. The van der Waals surface area contributed by atoms with Crippen LogP contribution >= 0.6 is 0 Å². The standard InChI is InChI=1S/C21H20N6O2/c1-26-13-17(12-25-26)16-8-15(9-22-11-16)10-23-20(28)6-7-27-14-24-19-5-3-2-4-18(19)21(27)29/h2-5,8-9,11-14H,6-7,10H2,1H3,(H,23,28). The number of carbonyl (C=O) groups is 1. The second-order valence-corrected chi connectivity index (χ2v) is 6.77. The molecule has 0 radical (unpaired) electrons. The molecule has 0 saturated heterocycles. The van der Waals surface area contributed by atoms with E-state index in [4.69, 9.17) is 0 Å². The van der Waals surface area contributed by atoms with E-state index in [2.05, 4.69) is 20.4 Å². The average molecular weight is 388 g/mol. The van der Waals surface area contributed by atoms with Gasteiger partial charge in [-0.3, -0.25) is 23.8 Å². The summed E-state index contributed by atoms with van der Waals surface area (Å²) in [7, 11) is 1.86. The Bertz CT molecular complexity index is 1230. The van der Waals surface area contributed by atoms with Crippen LogP contribution in [-0.2, 0) is 24.9 Å². The molecule has 0 saturated carbocycles. The lowest BCUT2D eigenvalue weighted by Crippen LogP contribution is -2.27. The summed E-state index contributed by atoms with van der Waals surface area (Å²) in [4.78, 5) is 33.2. The van der Waals surface area contributed by atoms with Gasteiger partial charge in [-0.1, -0.05) is 12.1 Å². The van der Waals surface area contributed by atoms with Gasteiger partial charge in [0.05, 0.1) is 23.4 Å². The predicted molar refractivity (Wildman–Crippen MR) is 109 cm³/mol. The fourth-order valence-corrected chi connectivity index (χ4v) is 3.09. The number of hydrogen-bond acceptors (Lipinski definition) is 5. The molecule has 0 atom stereocenters. The molecule has 1 amide bonds. The highest BCUT2D eigenvalue weighted by Crippen LogP contribution is 2.18. The summed E-state index contributed by atoms with van der Waals surface area (Å²) >= 11 is 0. The van der Waals surface area contributed by atoms with E-state index in [1.807, 2.05) is 25.4 Å². The Morgan fingerprint density at radius 3 is 2.83 bits per heavy atom. The quantitative estimate of drug-likeness (QED) is 0.544. The van der Waals surface area contributed by atoms with Crippen molar-refractivity contribution in [2.24, 2.45) is 7.05 Å². The lowest BCUT2D eigenvalue weighted by Gasteiger charge is -2.08. The molecule has 4 aromatic rings. The van der Waals surface area contributed by atoms with Crippen LogP contribution in [0.3, 0.4) is 0 Å². The molecule has 1 N–H and O–H groups in total. The smallest absolute Gasteiger partial charge is 0.261 e. The average Bonchev–Trinajstić information content (AvgIpc) is 3.18. The van der Waals surface area contributed by atoms with E-state index in [1.54, 1.807) is 41.5 Å². The number of aromatic nitrogens is 5. The van der Waals surface area contributed by atoms with Gasteiger partial charge in [-0.2, -0.15) is 5.10 Å². The van der Waals surface area contributed by atoms with Crippen LogP contribution in [0.2, 0.25) is 0 Å². The molecular weight excluding hydrogens is 368 g/mol. The Hall–Kier alpha value is -3.81. The van der Waals surface area contributed by atoms with Crippen molar-refractivity contribution in [3.8, 4) is 11.1 Å². The number of para-hydroxylation sites is 1. The number of pyridine rings is 1. The Morgan fingerprint density at radius 1 is 1.14 bits per heavy atom. The van der Waals surface area contributed by atoms with Crippen molar-refractivity contribution in [2.75, 3.05) is 0 Å². The number of hydrogen-bond donors (Lipinski definition) is 1. The molecule has 8 heteroatoms. The van der Waals surface area contributed by atoms with Gasteiger partial charge in [-0.05, 0) is 23.8 Å². The van der Waals surface area contributed by atoms with Gasteiger partial charge in [0.2, 0.25) is 5.91 Å². The summed E-state index contributed by atoms with van der Waals surface area (Å²) in [6.07, 6.45) is 8.84. The molecule has 3 aromatic heterocycles. The van der Waals surface area contributed by atoms with Crippen molar-refractivity contribution in [3.63, 3.8) is 0 Å². The highest BCUT2D eigenvalue weighted by Gasteiger charge is 2.07. The molecule has 0 fully saturated rings. The third-order valence-corrected chi connectivity index (χ3v) is 4.63. The number of aryl methyl sites for hydroxylation is 2. The first-order valence-electron chi connectivity index (χ1n) is 9.24. The Balaban J connectivity index is 1.36. The minimum atomic E-state index is -0.142. The van der Waals surface area contributed by atoms with Crippen LogP contribution in [0, 0.1) is 0 Å². The van der Waals surface area contributed by atoms with Crippen molar-refractivity contribution in [1.29, 1.82) is 0 Å². The van der Waals surface area contributed by atoms with E-state index in [1.165, 1.54) is 10.9 Å². The number of nitrogens with one attached hydrogen (secondary N) is 1. The maximum atomic E-state index is 12.5. The molecule has 4 rings (SSSR count). The van der Waals surface area contributed by atoms with Gasteiger partial charge < -0.3 is 5.32 Å². The maximum Gasteiger partial charge on any atom is 0.261 e. The highest BCUT2D eigenvalue weighted by molar-refractivity contribution is 5.77. The minimum Gasteiger partial charge on any atom is -0.352 e. The summed E-state index contributed by atoms with van der Waals surface area (Å²) in [6.45, 7) is 0.640. The Morgan fingerprint density at radius 2 is 2.00 bits per heavy atom. The first kappa shape index (κ1) is 18.5. The fourth-order valence-electron chi connectivity index (χ4n) is 3.09. The molecule has 0 unspecified atom stereocenters. The van der Waals surface area contributed by atoms with Crippen LogP contribution in [0.25, 0.3) is 22.0 Å². The SMILES string of the molecule is Cn1cc(-c2cncc(CNC(=O)CCn3cnc4ccccc4c3=O)c2)cn1. The molecule has 0 aliphatic rings. The highest BCUT2D eigenvalue weighted by atomic mass is 16.1. The van der Waals surface area contributed by atoms with Crippen molar-refractivity contribution >= 4 is 16.8 Å². The number of fused-ring (bicyclic) bond motifs is 1. The van der Waals surface area contributed by atoms with Crippen LogP contribution in [0.1, 0.15) is 12.0 Å². The zero-order valence-corrected chi connectivity index (χ0v) is 15.9. The molecule has 1 aromatic carbocycles. The van der Waals surface area contributed by atoms with Gasteiger partial charge in [-0.15, -0.1) is 0 Å². The summed E-state index contributed by atoms with van der Waals surface area (Å²) in [5.41, 5.74) is 3.32. The molecule has 3 heterocycles. The molecule has 0 aliphatic heterocycles. The maximum absolute atomic E-state index is 12.5. The van der Waals surface area contributed by atoms with Crippen molar-refractivity contribution < 1.29 is 4.79 Å². The summed E-state index contributed by atoms with van der Waals surface area (Å²) in [5.74, 6) is -0.142. The third kappa shape index (κ3) is 4.21. The monoisotopic (exact) mass is 388 g/mol. The van der Waals surface area contributed by atoms with Crippen LogP contribution in [0.4, 0.5) is 0 Å². The summed E-state index contributed by atoms with van der Waals surface area (Å²) < 4.78 is 3.19. The molecule has 0 aliphatic carbocycles.